The number of benzene rings is 1. The molecule has 0 unspecified atom stereocenters. The van der Waals surface area contributed by atoms with Gasteiger partial charge in [0, 0.05) is 12.5 Å². The Bertz CT molecular complexity index is 408. The van der Waals surface area contributed by atoms with Crippen molar-refractivity contribution in [1.29, 1.82) is 0 Å². The number of carbonyl (C=O) groups excluding carboxylic acids is 1. The average Bonchev–Trinajstić information content (AvgIpc) is 2.42. The minimum absolute atomic E-state index is 0.135. The minimum Gasteiger partial charge on any atom is -0.354 e. The smallest absolute Gasteiger partial charge is 0.223 e. The highest BCUT2D eigenvalue weighted by Crippen LogP contribution is 2.18. The van der Waals surface area contributed by atoms with Crippen molar-refractivity contribution in [2.45, 2.75) is 39.7 Å². The van der Waals surface area contributed by atoms with Gasteiger partial charge in [0.15, 0.2) is 0 Å². The summed E-state index contributed by atoms with van der Waals surface area (Å²) in [5, 5.41) is 3.10. The number of hydrogen-bond donors (Lipinski definition) is 1. The lowest BCUT2D eigenvalue weighted by Gasteiger charge is -2.26. The van der Waals surface area contributed by atoms with E-state index in [1.807, 2.05) is 14.1 Å². The number of likely N-dealkylation sites (N-methyl/N-ethyl adjacent to an activating group) is 1. The third kappa shape index (κ3) is 4.64. The van der Waals surface area contributed by atoms with Crippen LogP contribution in [0, 0.1) is 12.8 Å². The van der Waals surface area contributed by atoms with Crippen molar-refractivity contribution in [1.82, 2.24) is 10.2 Å². The van der Waals surface area contributed by atoms with E-state index in [0.29, 0.717) is 6.54 Å². The van der Waals surface area contributed by atoms with Crippen LogP contribution in [-0.2, 0) is 4.79 Å². The van der Waals surface area contributed by atoms with E-state index in [4.69, 9.17) is 0 Å². The lowest BCUT2D eigenvalue weighted by atomic mass is 10.0. The highest BCUT2D eigenvalue weighted by Gasteiger charge is 2.18. The zero-order valence-electron chi connectivity index (χ0n) is 13.4. The first-order valence-corrected chi connectivity index (χ1v) is 7.50. The van der Waals surface area contributed by atoms with Crippen molar-refractivity contribution < 1.29 is 4.79 Å². The second-order valence-corrected chi connectivity index (χ2v) is 5.65. The predicted molar refractivity (Wildman–Crippen MR) is 84.7 cm³/mol. The second-order valence-electron chi connectivity index (χ2n) is 5.65. The first kappa shape index (κ1) is 16.7. The topological polar surface area (TPSA) is 32.3 Å². The van der Waals surface area contributed by atoms with E-state index in [1.54, 1.807) is 0 Å². The maximum atomic E-state index is 12.1. The van der Waals surface area contributed by atoms with Gasteiger partial charge < -0.3 is 10.2 Å². The van der Waals surface area contributed by atoms with Crippen molar-refractivity contribution in [3.05, 3.63) is 35.4 Å². The van der Waals surface area contributed by atoms with E-state index in [9.17, 15) is 4.79 Å². The summed E-state index contributed by atoms with van der Waals surface area (Å²) in [5.74, 6) is 0.310. The van der Waals surface area contributed by atoms with Crippen molar-refractivity contribution in [2.75, 3.05) is 20.6 Å². The van der Waals surface area contributed by atoms with Gasteiger partial charge in [0.2, 0.25) is 5.91 Å². The molecule has 0 saturated heterocycles. The molecular weight excluding hydrogens is 248 g/mol. The molecule has 0 spiro atoms. The molecule has 1 atom stereocenters. The molecule has 0 aromatic heterocycles. The molecule has 1 aromatic rings. The number of nitrogens with one attached hydrogen (secondary N) is 1. The van der Waals surface area contributed by atoms with Gasteiger partial charge in [0.25, 0.3) is 0 Å². The zero-order chi connectivity index (χ0) is 15.1. The molecule has 0 aliphatic rings. The summed E-state index contributed by atoms with van der Waals surface area (Å²) >= 11 is 0. The number of hydrogen-bond acceptors (Lipinski definition) is 2. The number of carbonyl (C=O) groups is 1. The average molecular weight is 276 g/mol. The molecule has 0 radical (unpaired) electrons. The Labute approximate surface area is 123 Å². The number of aryl methyl sites for hydroxylation is 1. The quantitative estimate of drug-likeness (QED) is 0.829. The molecule has 0 heterocycles. The van der Waals surface area contributed by atoms with Gasteiger partial charge in [-0.15, -0.1) is 0 Å². The number of rotatable bonds is 7. The van der Waals surface area contributed by atoms with Crippen LogP contribution in [0.15, 0.2) is 24.3 Å². The van der Waals surface area contributed by atoms with E-state index < -0.39 is 0 Å². The fourth-order valence-corrected chi connectivity index (χ4v) is 2.39. The number of amides is 1. The van der Waals surface area contributed by atoms with E-state index >= 15 is 0 Å². The second kappa shape index (κ2) is 8.05. The lowest BCUT2D eigenvalue weighted by Crippen LogP contribution is -2.37. The summed E-state index contributed by atoms with van der Waals surface area (Å²) in [6, 6.07) is 8.74. The standard InChI is InChI=1S/C17H28N2O/c1-6-14(7-2)17(20)18-12-16(19(4)5)15-10-8-13(3)9-11-15/h8-11,14,16H,6-7,12H2,1-5H3,(H,18,20)/t16-/m1/s1. The van der Waals surface area contributed by atoms with Crippen LogP contribution in [-0.4, -0.2) is 31.4 Å². The molecule has 0 aliphatic heterocycles. The third-order valence-corrected chi connectivity index (χ3v) is 3.91. The number of nitrogens with zero attached hydrogens (tertiary/aromatic N) is 1. The summed E-state index contributed by atoms with van der Waals surface area (Å²) in [7, 11) is 4.10. The third-order valence-electron chi connectivity index (χ3n) is 3.91. The van der Waals surface area contributed by atoms with Crippen LogP contribution in [0.2, 0.25) is 0 Å². The SMILES string of the molecule is CCC(CC)C(=O)NC[C@H](c1ccc(C)cc1)N(C)C. The molecule has 20 heavy (non-hydrogen) atoms. The summed E-state index contributed by atoms with van der Waals surface area (Å²) in [6.45, 7) is 6.88. The fraction of sp³-hybridized carbons (Fsp3) is 0.588. The fourth-order valence-electron chi connectivity index (χ4n) is 2.39. The molecule has 1 amide bonds. The van der Waals surface area contributed by atoms with Crippen LogP contribution in [0.3, 0.4) is 0 Å². The molecule has 0 fully saturated rings. The van der Waals surface area contributed by atoms with Crippen LogP contribution in [0.25, 0.3) is 0 Å². The van der Waals surface area contributed by atoms with Gasteiger partial charge in [-0.1, -0.05) is 43.7 Å². The maximum absolute atomic E-state index is 12.1. The van der Waals surface area contributed by atoms with Gasteiger partial charge in [0.1, 0.15) is 0 Å². The van der Waals surface area contributed by atoms with Crippen LogP contribution in [0.4, 0.5) is 0 Å². The monoisotopic (exact) mass is 276 g/mol. The molecule has 112 valence electrons. The highest BCUT2D eigenvalue weighted by atomic mass is 16.1. The van der Waals surface area contributed by atoms with Crippen molar-refractivity contribution in [3.8, 4) is 0 Å². The van der Waals surface area contributed by atoms with Gasteiger partial charge in [-0.25, -0.2) is 0 Å². The van der Waals surface area contributed by atoms with Crippen molar-refractivity contribution in [2.24, 2.45) is 5.92 Å². The van der Waals surface area contributed by atoms with E-state index in [1.165, 1.54) is 11.1 Å². The van der Waals surface area contributed by atoms with Crippen LogP contribution in [0.1, 0.15) is 43.9 Å². The van der Waals surface area contributed by atoms with Gasteiger partial charge >= 0.3 is 0 Å². The zero-order valence-corrected chi connectivity index (χ0v) is 13.4. The predicted octanol–water partition coefficient (Wildman–Crippen LogP) is 3.15. The summed E-state index contributed by atoms with van der Waals surface area (Å²) in [5.41, 5.74) is 2.50. The largest absolute Gasteiger partial charge is 0.354 e. The van der Waals surface area contributed by atoms with Crippen molar-refractivity contribution in [3.63, 3.8) is 0 Å². The summed E-state index contributed by atoms with van der Waals surface area (Å²) in [6.07, 6.45) is 1.80. The highest BCUT2D eigenvalue weighted by molar-refractivity contribution is 5.78. The molecule has 1 N–H and O–H groups in total. The molecule has 1 aromatic carbocycles. The van der Waals surface area contributed by atoms with Gasteiger partial charge in [0.05, 0.1) is 6.04 Å². The Morgan fingerprint density at radius 2 is 1.70 bits per heavy atom. The molecule has 0 saturated carbocycles. The summed E-state index contributed by atoms with van der Waals surface area (Å²) in [4.78, 5) is 14.2. The Kier molecular flexibility index (Phi) is 6.73. The van der Waals surface area contributed by atoms with E-state index in [0.717, 1.165) is 12.8 Å². The Morgan fingerprint density at radius 3 is 2.15 bits per heavy atom. The Balaban J connectivity index is 2.69. The normalized spacial score (nSPS) is 12.8. The Hall–Kier alpha value is -1.35. The van der Waals surface area contributed by atoms with Crippen LogP contribution in [0.5, 0.6) is 0 Å². The molecule has 0 aliphatic carbocycles. The first-order valence-electron chi connectivity index (χ1n) is 7.50. The van der Waals surface area contributed by atoms with Crippen LogP contribution < -0.4 is 5.32 Å². The Morgan fingerprint density at radius 1 is 1.15 bits per heavy atom. The maximum Gasteiger partial charge on any atom is 0.223 e. The van der Waals surface area contributed by atoms with Gasteiger partial charge in [-0.3, -0.25) is 4.79 Å². The molecule has 1 rings (SSSR count). The van der Waals surface area contributed by atoms with Crippen LogP contribution >= 0.6 is 0 Å². The molecular formula is C17H28N2O. The first-order chi connectivity index (χ1) is 9.49. The lowest BCUT2D eigenvalue weighted by molar-refractivity contribution is -0.125. The van der Waals surface area contributed by atoms with Gasteiger partial charge in [-0.05, 0) is 39.4 Å². The summed E-state index contributed by atoms with van der Waals surface area (Å²) < 4.78 is 0. The minimum atomic E-state index is 0.135. The van der Waals surface area contributed by atoms with E-state index in [2.05, 4.69) is 55.3 Å². The van der Waals surface area contributed by atoms with Crippen molar-refractivity contribution >= 4 is 5.91 Å². The van der Waals surface area contributed by atoms with E-state index in [-0.39, 0.29) is 17.9 Å². The molecule has 3 nitrogen and oxygen atoms in total. The molecule has 0 bridgehead atoms. The van der Waals surface area contributed by atoms with Gasteiger partial charge in [-0.2, -0.15) is 0 Å². The molecule has 3 heteroatoms.